The van der Waals surface area contributed by atoms with E-state index in [1.165, 1.54) is 0 Å². The molecule has 0 N–H and O–H groups in total. The summed E-state index contributed by atoms with van der Waals surface area (Å²) in [4.78, 5) is 12.4. The summed E-state index contributed by atoms with van der Waals surface area (Å²) in [5, 5.41) is 1.01. The maximum Gasteiger partial charge on any atom is 0.291 e. The molecular weight excluding hydrogens is 234 g/mol. The third kappa shape index (κ3) is 2.04. The molecule has 3 nitrogen and oxygen atoms in total. The van der Waals surface area contributed by atoms with Crippen LogP contribution in [0.15, 0.2) is 60.9 Å². The Bertz CT molecular complexity index is 739. The lowest BCUT2D eigenvalue weighted by Crippen LogP contribution is -2.00. The van der Waals surface area contributed by atoms with Crippen LogP contribution in [-0.4, -0.2) is 9.97 Å². The summed E-state index contributed by atoms with van der Waals surface area (Å²) in [5.41, 5.74) is 2.64. The topological polar surface area (TPSA) is 30.1 Å². The van der Waals surface area contributed by atoms with Gasteiger partial charge in [0.25, 0.3) is 6.04 Å². The lowest BCUT2D eigenvalue weighted by molar-refractivity contribution is 0.956. The van der Waals surface area contributed by atoms with E-state index in [0.717, 1.165) is 22.2 Å². The number of benzene rings is 1. The van der Waals surface area contributed by atoms with Crippen molar-refractivity contribution in [1.29, 1.82) is 0 Å². The Morgan fingerprint density at radius 1 is 0.895 bits per heavy atom. The Labute approximate surface area is 111 Å². The van der Waals surface area contributed by atoms with Gasteiger partial charge in [-0.15, -0.1) is 0 Å². The van der Waals surface area contributed by atoms with Gasteiger partial charge in [0.1, 0.15) is 5.69 Å². The van der Waals surface area contributed by atoms with Crippen LogP contribution in [0.1, 0.15) is 17.3 Å². The van der Waals surface area contributed by atoms with Crippen molar-refractivity contribution >= 4 is 10.9 Å². The summed E-state index contributed by atoms with van der Waals surface area (Å²) in [6, 6.07) is 15.0. The first-order valence-electron chi connectivity index (χ1n) is 6.01. The van der Waals surface area contributed by atoms with Crippen molar-refractivity contribution in [3.8, 4) is 0 Å². The Morgan fingerprint density at radius 2 is 1.74 bits per heavy atom. The van der Waals surface area contributed by atoms with Gasteiger partial charge in [0, 0.05) is 17.8 Å². The van der Waals surface area contributed by atoms with E-state index >= 15 is 0 Å². The van der Waals surface area contributed by atoms with Gasteiger partial charge < -0.3 is 4.85 Å². The van der Waals surface area contributed by atoms with Crippen molar-refractivity contribution in [2.75, 3.05) is 0 Å². The number of hydrogen-bond acceptors (Lipinski definition) is 2. The fraction of sp³-hybridized carbons (Fsp3) is 0.0625. The molecular formula is C16H11N3. The Hall–Kier alpha value is -2.73. The molecule has 0 bridgehead atoms. The number of para-hydroxylation sites is 1. The van der Waals surface area contributed by atoms with E-state index in [9.17, 15) is 0 Å². The third-order valence-corrected chi connectivity index (χ3v) is 3.07. The number of fused-ring (bicyclic) bond motifs is 1. The number of hydrogen-bond donors (Lipinski definition) is 0. The van der Waals surface area contributed by atoms with Crippen LogP contribution < -0.4 is 0 Å². The molecule has 19 heavy (non-hydrogen) atoms. The zero-order chi connectivity index (χ0) is 13.1. The molecule has 1 aromatic carbocycles. The van der Waals surface area contributed by atoms with Crippen LogP contribution in [0.25, 0.3) is 15.7 Å². The number of nitrogens with zero attached hydrogens (tertiary/aromatic N) is 3. The lowest BCUT2D eigenvalue weighted by Gasteiger charge is -2.08. The van der Waals surface area contributed by atoms with E-state index in [4.69, 9.17) is 6.57 Å². The third-order valence-electron chi connectivity index (χ3n) is 3.07. The van der Waals surface area contributed by atoms with Crippen LogP contribution in [0, 0.1) is 6.57 Å². The second-order valence-corrected chi connectivity index (χ2v) is 4.20. The fourth-order valence-electron chi connectivity index (χ4n) is 2.19. The fourth-order valence-corrected chi connectivity index (χ4v) is 2.19. The number of aromatic nitrogens is 2. The maximum absolute atomic E-state index is 7.47. The van der Waals surface area contributed by atoms with Crippen molar-refractivity contribution in [2.45, 2.75) is 6.04 Å². The summed E-state index contributed by atoms with van der Waals surface area (Å²) in [5.74, 6) is 0. The van der Waals surface area contributed by atoms with E-state index in [2.05, 4.69) is 14.8 Å². The predicted molar refractivity (Wildman–Crippen MR) is 74.4 cm³/mol. The van der Waals surface area contributed by atoms with E-state index < -0.39 is 0 Å². The SMILES string of the molecule is [C-]#[N+]C(c1ccccn1)c1ccnc2ccccc12. The van der Waals surface area contributed by atoms with Gasteiger partial charge in [0.2, 0.25) is 0 Å². The minimum absolute atomic E-state index is 0.380. The highest BCUT2D eigenvalue weighted by molar-refractivity contribution is 5.83. The van der Waals surface area contributed by atoms with Gasteiger partial charge >= 0.3 is 0 Å². The van der Waals surface area contributed by atoms with E-state index in [-0.39, 0.29) is 6.04 Å². The highest BCUT2D eigenvalue weighted by atomic mass is 14.8. The summed E-state index contributed by atoms with van der Waals surface area (Å²) in [6.45, 7) is 7.47. The molecule has 0 radical (unpaired) electrons. The lowest BCUT2D eigenvalue weighted by atomic mass is 10.00. The molecule has 0 saturated carbocycles. The van der Waals surface area contributed by atoms with Crippen LogP contribution in [0.4, 0.5) is 0 Å². The summed E-state index contributed by atoms with van der Waals surface area (Å²) in [7, 11) is 0. The van der Waals surface area contributed by atoms with Gasteiger partial charge in [-0.25, -0.2) is 6.57 Å². The van der Waals surface area contributed by atoms with Gasteiger partial charge in [-0.2, -0.15) is 0 Å². The van der Waals surface area contributed by atoms with E-state index in [1.54, 1.807) is 12.4 Å². The minimum atomic E-state index is -0.380. The molecule has 3 heteroatoms. The Kier molecular flexibility index (Phi) is 2.91. The van der Waals surface area contributed by atoms with Crippen molar-refractivity contribution in [1.82, 2.24) is 9.97 Å². The zero-order valence-corrected chi connectivity index (χ0v) is 10.2. The first-order valence-corrected chi connectivity index (χ1v) is 6.01. The second-order valence-electron chi connectivity index (χ2n) is 4.20. The van der Waals surface area contributed by atoms with Crippen LogP contribution in [0.3, 0.4) is 0 Å². The monoisotopic (exact) mass is 245 g/mol. The van der Waals surface area contributed by atoms with E-state index in [1.807, 2.05) is 48.5 Å². The van der Waals surface area contributed by atoms with Gasteiger partial charge in [0.15, 0.2) is 0 Å². The van der Waals surface area contributed by atoms with Crippen LogP contribution in [0.5, 0.6) is 0 Å². The molecule has 0 spiro atoms. The molecule has 0 amide bonds. The van der Waals surface area contributed by atoms with Crippen LogP contribution in [0.2, 0.25) is 0 Å². The van der Waals surface area contributed by atoms with Crippen molar-refractivity contribution < 1.29 is 0 Å². The summed E-state index contributed by atoms with van der Waals surface area (Å²) in [6.07, 6.45) is 3.47. The van der Waals surface area contributed by atoms with Gasteiger partial charge in [-0.1, -0.05) is 24.3 Å². The smallest absolute Gasteiger partial charge is 0.291 e. The molecule has 0 aliphatic heterocycles. The van der Waals surface area contributed by atoms with Crippen molar-refractivity contribution in [3.63, 3.8) is 0 Å². The van der Waals surface area contributed by atoms with Gasteiger partial charge in [0.05, 0.1) is 11.1 Å². The highest BCUT2D eigenvalue weighted by Crippen LogP contribution is 2.29. The molecule has 1 atom stereocenters. The quantitative estimate of drug-likeness (QED) is 0.645. The molecule has 1 unspecified atom stereocenters. The average Bonchev–Trinajstić information content (AvgIpc) is 2.49. The zero-order valence-electron chi connectivity index (χ0n) is 10.2. The summed E-state index contributed by atoms with van der Waals surface area (Å²) < 4.78 is 0. The molecule has 3 rings (SSSR count). The molecule has 2 aromatic heterocycles. The second kappa shape index (κ2) is 4.87. The maximum atomic E-state index is 7.47. The molecule has 0 aliphatic rings. The first-order chi connectivity index (χ1) is 9.40. The Balaban J connectivity index is 2.21. The molecule has 0 saturated heterocycles. The molecule has 0 aliphatic carbocycles. The average molecular weight is 245 g/mol. The standard InChI is InChI=1S/C16H11N3/c1-17-16(15-8-4-5-10-18-15)13-9-11-19-14-7-3-2-6-12(13)14/h2-11,16H. The van der Waals surface area contributed by atoms with Crippen molar-refractivity contribution in [3.05, 3.63) is 83.6 Å². The molecule has 0 fully saturated rings. The van der Waals surface area contributed by atoms with Crippen LogP contribution >= 0.6 is 0 Å². The normalized spacial score (nSPS) is 11.9. The van der Waals surface area contributed by atoms with E-state index in [0.29, 0.717) is 0 Å². The molecule has 3 aromatic rings. The predicted octanol–water partition coefficient (Wildman–Crippen LogP) is 3.64. The largest absolute Gasteiger partial charge is 0.301 e. The van der Waals surface area contributed by atoms with Crippen molar-refractivity contribution in [2.24, 2.45) is 0 Å². The molecule has 2 heterocycles. The number of rotatable bonds is 2. The van der Waals surface area contributed by atoms with Gasteiger partial charge in [-0.3, -0.25) is 9.97 Å². The Morgan fingerprint density at radius 3 is 2.53 bits per heavy atom. The minimum Gasteiger partial charge on any atom is -0.301 e. The van der Waals surface area contributed by atoms with Crippen LogP contribution in [-0.2, 0) is 0 Å². The highest BCUT2D eigenvalue weighted by Gasteiger charge is 2.22. The number of pyridine rings is 2. The first kappa shape index (κ1) is 11.4. The molecule has 90 valence electrons. The van der Waals surface area contributed by atoms with Gasteiger partial charge in [-0.05, 0) is 24.3 Å². The summed E-state index contributed by atoms with van der Waals surface area (Å²) >= 11 is 0.